The minimum atomic E-state index is -0.979. The van der Waals surface area contributed by atoms with E-state index in [1.54, 1.807) is 6.07 Å². The summed E-state index contributed by atoms with van der Waals surface area (Å²) in [6.07, 6.45) is -0.191. The van der Waals surface area contributed by atoms with Gasteiger partial charge in [0, 0.05) is 10.6 Å². The van der Waals surface area contributed by atoms with Gasteiger partial charge in [-0.3, -0.25) is 4.79 Å². The van der Waals surface area contributed by atoms with Crippen molar-refractivity contribution in [2.75, 3.05) is 0 Å². The highest BCUT2D eigenvalue weighted by Crippen LogP contribution is 2.21. The second kappa shape index (κ2) is 3.45. The van der Waals surface area contributed by atoms with Gasteiger partial charge < -0.3 is 10.2 Å². The minimum absolute atomic E-state index is 0.0788. The summed E-state index contributed by atoms with van der Waals surface area (Å²) in [6, 6.07) is 4.35. The normalized spacial score (nSPS) is 9.75. The third-order valence-electron chi connectivity index (χ3n) is 1.39. The smallest absolute Gasteiger partial charge is 0.307 e. The van der Waals surface area contributed by atoms with Gasteiger partial charge in [0.05, 0.1) is 6.42 Å². The molecule has 1 rings (SSSR count). The van der Waals surface area contributed by atoms with Gasteiger partial charge in [0.1, 0.15) is 5.75 Å². The number of hydrogen-bond acceptors (Lipinski definition) is 2. The van der Waals surface area contributed by atoms with Crippen LogP contribution in [-0.2, 0) is 11.2 Å². The SMILES string of the molecule is O=C(O)Cc1ccc(Cl)cc1O. The van der Waals surface area contributed by atoms with E-state index in [2.05, 4.69) is 0 Å². The molecular weight excluding hydrogens is 180 g/mol. The molecule has 0 aromatic heterocycles. The van der Waals surface area contributed by atoms with E-state index in [1.165, 1.54) is 12.1 Å². The summed E-state index contributed by atoms with van der Waals surface area (Å²) < 4.78 is 0. The van der Waals surface area contributed by atoms with Gasteiger partial charge >= 0.3 is 5.97 Å². The number of halogens is 1. The summed E-state index contributed by atoms with van der Waals surface area (Å²) in [7, 11) is 0. The molecule has 1 aromatic carbocycles. The molecule has 0 radical (unpaired) electrons. The van der Waals surface area contributed by atoms with Crippen LogP contribution in [-0.4, -0.2) is 16.2 Å². The molecule has 0 spiro atoms. The summed E-state index contributed by atoms with van der Waals surface area (Å²) in [5, 5.41) is 18.0. The van der Waals surface area contributed by atoms with Crippen molar-refractivity contribution in [3.63, 3.8) is 0 Å². The first-order chi connectivity index (χ1) is 5.59. The zero-order valence-electron chi connectivity index (χ0n) is 6.12. The van der Waals surface area contributed by atoms with E-state index in [0.29, 0.717) is 10.6 Å². The van der Waals surface area contributed by atoms with Crippen molar-refractivity contribution >= 4 is 17.6 Å². The highest BCUT2D eigenvalue weighted by atomic mass is 35.5. The summed E-state index contributed by atoms with van der Waals surface area (Å²) in [6.45, 7) is 0. The zero-order valence-corrected chi connectivity index (χ0v) is 6.88. The van der Waals surface area contributed by atoms with Crippen LogP contribution in [0.3, 0.4) is 0 Å². The molecule has 0 aliphatic rings. The molecule has 1 aromatic rings. The predicted octanol–water partition coefficient (Wildman–Crippen LogP) is 1.67. The maximum absolute atomic E-state index is 10.3. The third-order valence-corrected chi connectivity index (χ3v) is 1.62. The van der Waals surface area contributed by atoms with Gasteiger partial charge in [-0.05, 0) is 12.1 Å². The highest BCUT2D eigenvalue weighted by molar-refractivity contribution is 6.30. The number of phenolic OH excluding ortho intramolecular Hbond substituents is 1. The Hall–Kier alpha value is -1.22. The van der Waals surface area contributed by atoms with E-state index >= 15 is 0 Å². The number of hydrogen-bond donors (Lipinski definition) is 2. The van der Waals surface area contributed by atoms with Gasteiger partial charge in [-0.15, -0.1) is 0 Å². The first kappa shape index (κ1) is 8.87. The van der Waals surface area contributed by atoms with Crippen LogP contribution in [0.4, 0.5) is 0 Å². The molecular formula is C8H7ClO3. The molecule has 2 N–H and O–H groups in total. The van der Waals surface area contributed by atoms with E-state index in [9.17, 15) is 9.90 Å². The zero-order chi connectivity index (χ0) is 9.14. The van der Waals surface area contributed by atoms with Gasteiger partial charge in [-0.1, -0.05) is 17.7 Å². The van der Waals surface area contributed by atoms with Crippen LogP contribution < -0.4 is 0 Å². The quantitative estimate of drug-likeness (QED) is 0.739. The van der Waals surface area contributed by atoms with E-state index in [1.807, 2.05) is 0 Å². The fraction of sp³-hybridized carbons (Fsp3) is 0.125. The number of benzene rings is 1. The molecule has 3 nitrogen and oxygen atoms in total. The highest BCUT2D eigenvalue weighted by Gasteiger charge is 2.05. The number of carbonyl (C=O) groups is 1. The molecule has 0 fully saturated rings. The van der Waals surface area contributed by atoms with Crippen LogP contribution in [0.25, 0.3) is 0 Å². The molecule has 0 amide bonds. The number of aliphatic carboxylic acids is 1. The fourth-order valence-electron chi connectivity index (χ4n) is 0.849. The summed E-state index contributed by atoms with van der Waals surface area (Å²) in [5.74, 6) is -1.06. The van der Waals surface area contributed by atoms with Crippen LogP contribution >= 0.6 is 11.6 Å². The van der Waals surface area contributed by atoms with Crippen LogP contribution in [0, 0.1) is 0 Å². The average Bonchev–Trinajstić information content (AvgIpc) is 1.94. The van der Waals surface area contributed by atoms with Gasteiger partial charge in [0.25, 0.3) is 0 Å². The third kappa shape index (κ3) is 2.13. The second-order valence-electron chi connectivity index (χ2n) is 2.34. The molecule has 0 unspecified atom stereocenters. The van der Waals surface area contributed by atoms with Crippen molar-refractivity contribution in [3.8, 4) is 5.75 Å². The molecule has 64 valence electrons. The Kier molecular flexibility index (Phi) is 2.55. The molecule has 0 aliphatic carbocycles. The summed E-state index contributed by atoms with van der Waals surface area (Å²) >= 11 is 5.55. The predicted molar refractivity (Wildman–Crippen MR) is 44.5 cm³/mol. The van der Waals surface area contributed by atoms with Crippen molar-refractivity contribution in [2.45, 2.75) is 6.42 Å². The van der Waals surface area contributed by atoms with Crippen molar-refractivity contribution in [2.24, 2.45) is 0 Å². The van der Waals surface area contributed by atoms with E-state index in [4.69, 9.17) is 16.7 Å². The fourth-order valence-corrected chi connectivity index (χ4v) is 1.02. The van der Waals surface area contributed by atoms with Gasteiger partial charge in [-0.2, -0.15) is 0 Å². The summed E-state index contributed by atoms with van der Waals surface area (Å²) in [5.41, 5.74) is 0.368. The Morgan fingerprint density at radius 2 is 2.17 bits per heavy atom. The maximum atomic E-state index is 10.3. The van der Waals surface area contributed by atoms with Gasteiger partial charge in [0.2, 0.25) is 0 Å². The summed E-state index contributed by atoms with van der Waals surface area (Å²) in [4.78, 5) is 10.3. The first-order valence-corrected chi connectivity index (χ1v) is 3.66. The molecule has 0 heterocycles. The number of phenols is 1. The van der Waals surface area contributed by atoms with Crippen molar-refractivity contribution in [1.29, 1.82) is 0 Å². The lowest BCUT2D eigenvalue weighted by atomic mass is 10.1. The van der Waals surface area contributed by atoms with Gasteiger partial charge in [-0.25, -0.2) is 0 Å². The Morgan fingerprint density at radius 3 is 2.67 bits per heavy atom. The van der Waals surface area contributed by atoms with E-state index < -0.39 is 5.97 Å². The van der Waals surface area contributed by atoms with Crippen molar-refractivity contribution in [1.82, 2.24) is 0 Å². The number of aromatic hydroxyl groups is 1. The van der Waals surface area contributed by atoms with E-state index in [-0.39, 0.29) is 12.2 Å². The number of carboxylic acids is 1. The molecule has 0 saturated carbocycles. The molecule has 4 heteroatoms. The number of carboxylic acid groups (broad SMARTS) is 1. The number of rotatable bonds is 2. The van der Waals surface area contributed by atoms with Crippen LogP contribution in [0.5, 0.6) is 5.75 Å². The largest absolute Gasteiger partial charge is 0.508 e. The van der Waals surface area contributed by atoms with E-state index in [0.717, 1.165) is 0 Å². The Morgan fingerprint density at radius 1 is 1.50 bits per heavy atom. The first-order valence-electron chi connectivity index (χ1n) is 3.29. The lowest BCUT2D eigenvalue weighted by Crippen LogP contribution is -1.99. The molecule has 0 bridgehead atoms. The molecule has 0 saturated heterocycles. The Bertz CT molecular complexity index is 309. The Labute approximate surface area is 74.2 Å². The van der Waals surface area contributed by atoms with Crippen LogP contribution in [0.15, 0.2) is 18.2 Å². The van der Waals surface area contributed by atoms with Crippen LogP contribution in [0.2, 0.25) is 5.02 Å². The lowest BCUT2D eigenvalue weighted by Gasteiger charge is -2.00. The molecule has 0 atom stereocenters. The lowest BCUT2D eigenvalue weighted by molar-refractivity contribution is -0.136. The van der Waals surface area contributed by atoms with Crippen molar-refractivity contribution < 1.29 is 15.0 Å². The standard InChI is InChI=1S/C8H7ClO3/c9-6-2-1-5(3-8(11)12)7(10)4-6/h1-2,4,10H,3H2,(H,11,12). The molecule has 12 heavy (non-hydrogen) atoms. The van der Waals surface area contributed by atoms with Crippen molar-refractivity contribution in [3.05, 3.63) is 28.8 Å². The van der Waals surface area contributed by atoms with Crippen LogP contribution in [0.1, 0.15) is 5.56 Å². The minimum Gasteiger partial charge on any atom is -0.508 e. The average molecular weight is 187 g/mol. The maximum Gasteiger partial charge on any atom is 0.307 e. The second-order valence-corrected chi connectivity index (χ2v) is 2.78. The van der Waals surface area contributed by atoms with Gasteiger partial charge in [0.15, 0.2) is 0 Å². The topological polar surface area (TPSA) is 57.5 Å². The molecule has 0 aliphatic heterocycles. The Balaban J connectivity index is 2.93. The monoisotopic (exact) mass is 186 g/mol.